The lowest BCUT2D eigenvalue weighted by atomic mass is 9.83. The van der Waals surface area contributed by atoms with Crippen molar-refractivity contribution in [3.63, 3.8) is 0 Å². The summed E-state index contributed by atoms with van der Waals surface area (Å²) < 4.78 is 1.99. The maximum absolute atomic E-state index is 13.2. The van der Waals surface area contributed by atoms with Crippen molar-refractivity contribution in [3.8, 4) is 0 Å². The van der Waals surface area contributed by atoms with Crippen LogP contribution in [0, 0.1) is 5.92 Å². The second-order valence-electron chi connectivity index (χ2n) is 8.53. The summed E-state index contributed by atoms with van der Waals surface area (Å²) in [4.78, 5) is 31.7. The Hall–Kier alpha value is -1.92. The van der Waals surface area contributed by atoms with Crippen LogP contribution in [0.4, 0.5) is 0 Å². The van der Waals surface area contributed by atoms with Crippen molar-refractivity contribution >= 4 is 34.3 Å². The SMILES string of the molecule is CC(=O)c1cn(C[C@@H]2CCCN2C(=O)[C@@H](N)C2CCCCC2)c2ncc(Cl)cc12. The molecule has 2 aliphatic rings. The molecule has 1 amide bonds. The van der Waals surface area contributed by atoms with E-state index in [-0.39, 0.29) is 17.7 Å². The van der Waals surface area contributed by atoms with Crippen LogP contribution in [0.2, 0.25) is 5.02 Å². The van der Waals surface area contributed by atoms with Gasteiger partial charge in [-0.2, -0.15) is 0 Å². The van der Waals surface area contributed by atoms with Gasteiger partial charge < -0.3 is 15.2 Å². The fourth-order valence-electron chi connectivity index (χ4n) is 4.99. The Kier molecular flexibility index (Phi) is 5.93. The number of nitrogens with two attached hydrogens (primary N) is 1. The van der Waals surface area contributed by atoms with E-state index in [0.29, 0.717) is 23.0 Å². The molecule has 0 unspecified atom stereocenters. The first-order valence-electron chi connectivity index (χ1n) is 10.7. The van der Waals surface area contributed by atoms with Crippen LogP contribution in [0.5, 0.6) is 0 Å². The van der Waals surface area contributed by atoms with E-state index in [1.165, 1.54) is 19.3 Å². The quantitative estimate of drug-likeness (QED) is 0.752. The van der Waals surface area contributed by atoms with Crippen molar-refractivity contribution in [2.75, 3.05) is 6.54 Å². The highest BCUT2D eigenvalue weighted by Crippen LogP contribution is 2.30. The molecule has 0 bridgehead atoms. The van der Waals surface area contributed by atoms with Crippen molar-refractivity contribution < 1.29 is 9.59 Å². The molecule has 1 saturated carbocycles. The number of hydrogen-bond acceptors (Lipinski definition) is 4. The minimum atomic E-state index is -0.401. The zero-order valence-corrected chi connectivity index (χ0v) is 17.7. The third-order valence-electron chi connectivity index (χ3n) is 6.57. The van der Waals surface area contributed by atoms with E-state index in [1.807, 2.05) is 15.7 Å². The summed E-state index contributed by atoms with van der Waals surface area (Å²) in [5.41, 5.74) is 7.76. The van der Waals surface area contributed by atoms with Gasteiger partial charge in [-0.15, -0.1) is 0 Å². The topological polar surface area (TPSA) is 81.2 Å². The molecule has 3 heterocycles. The maximum atomic E-state index is 13.2. The minimum absolute atomic E-state index is 0.0171. The third kappa shape index (κ3) is 4.05. The maximum Gasteiger partial charge on any atom is 0.240 e. The number of Topliss-reactive ketones (excluding diaryl/α,β-unsaturated/α-hetero) is 1. The standard InChI is InChI=1S/C22H29ClN4O2/c1-14(28)19-13-26(21-18(19)10-16(23)11-25-21)12-17-8-5-9-27(17)22(29)20(24)15-6-3-2-4-7-15/h10-11,13,15,17,20H,2-9,12,24H2,1H3/t17-,20-/m0/s1. The number of amides is 1. The average molecular weight is 417 g/mol. The molecule has 0 radical (unpaired) electrons. The molecule has 4 rings (SSSR count). The summed E-state index contributed by atoms with van der Waals surface area (Å²) in [7, 11) is 0. The van der Waals surface area contributed by atoms with E-state index in [2.05, 4.69) is 4.98 Å². The molecule has 1 aliphatic carbocycles. The molecule has 7 heteroatoms. The lowest BCUT2D eigenvalue weighted by molar-refractivity contribution is -0.135. The first-order valence-corrected chi connectivity index (χ1v) is 11.0. The molecular formula is C22H29ClN4O2. The normalized spacial score (nSPS) is 21.6. The van der Waals surface area contributed by atoms with E-state index in [4.69, 9.17) is 17.3 Å². The number of carbonyl (C=O) groups excluding carboxylic acids is 2. The number of hydrogen-bond donors (Lipinski definition) is 1. The van der Waals surface area contributed by atoms with Crippen LogP contribution in [0.3, 0.4) is 0 Å². The molecule has 2 aromatic heterocycles. The molecule has 2 N–H and O–H groups in total. The van der Waals surface area contributed by atoms with Gasteiger partial charge in [0.05, 0.1) is 11.1 Å². The number of fused-ring (bicyclic) bond motifs is 1. The van der Waals surface area contributed by atoms with Crippen LogP contribution in [-0.2, 0) is 11.3 Å². The largest absolute Gasteiger partial charge is 0.337 e. The summed E-state index contributed by atoms with van der Waals surface area (Å²) in [5, 5.41) is 1.27. The first kappa shape index (κ1) is 20.4. The third-order valence-corrected chi connectivity index (χ3v) is 6.78. The summed E-state index contributed by atoms with van der Waals surface area (Å²) in [6.45, 7) is 2.91. The zero-order valence-electron chi connectivity index (χ0n) is 16.9. The number of rotatable bonds is 5. The molecule has 0 aromatic carbocycles. The lowest BCUT2D eigenvalue weighted by Gasteiger charge is -2.32. The fourth-order valence-corrected chi connectivity index (χ4v) is 5.15. The van der Waals surface area contributed by atoms with E-state index >= 15 is 0 Å². The molecule has 29 heavy (non-hydrogen) atoms. The van der Waals surface area contributed by atoms with Gasteiger partial charge in [0.2, 0.25) is 5.91 Å². The molecule has 6 nitrogen and oxygen atoms in total. The van der Waals surface area contributed by atoms with Gasteiger partial charge in [-0.1, -0.05) is 30.9 Å². The van der Waals surface area contributed by atoms with Crippen molar-refractivity contribution in [3.05, 3.63) is 29.0 Å². The van der Waals surface area contributed by atoms with Gasteiger partial charge in [0, 0.05) is 42.5 Å². The van der Waals surface area contributed by atoms with Gasteiger partial charge in [0.15, 0.2) is 5.78 Å². The van der Waals surface area contributed by atoms with Gasteiger partial charge in [-0.25, -0.2) is 4.98 Å². The second kappa shape index (κ2) is 8.44. The van der Waals surface area contributed by atoms with Crippen molar-refractivity contribution in [2.45, 2.75) is 70.5 Å². The van der Waals surface area contributed by atoms with Crippen LogP contribution in [0.15, 0.2) is 18.5 Å². The number of pyridine rings is 1. The molecule has 2 atom stereocenters. The molecule has 2 fully saturated rings. The van der Waals surface area contributed by atoms with E-state index in [0.717, 1.165) is 43.3 Å². The highest BCUT2D eigenvalue weighted by Gasteiger charge is 2.35. The first-order chi connectivity index (χ1) is 14.0. The molecule has 1 saturated heterocycles. The minimum Gasteiger partial charge on any atom is -0.337 e. The van der Waals surface area contributed by atoms with Crippen LogP contribution < -0.4 is 5.73 Å². The van der Waals surface area contributed by atoms with E-state index in [1.54, 1.807) is 19.2 Å². The molecule has 0 spiro atoms. The van der Waals surface area contributed by atoms with Crippen molar-refractivity contribution in [1.82, 2.24) is 14.5 Å². The van der Waals surface area contributed by atoms with Crippen molar-refractivity contribution in [2.24, 2.45) is 11.7 Å². The molecular weight excluding hydrogens is 388 g/mol. The smallest absolute Gasteiger partial charge is 0.240 e. The predicted octanol–water partition coefficient (Wildman–Crippen LogP) is 3.79. The van der Waals surface area contributed by atoms with Crippen LogP contribution >= 0.6 is 11.6 Å². The number of likely N-dealkylation sites (tertiary alicyclic amines) is 1. The molecule has 2 aromatic rings. The second-order valence-corrected chi connectivity index (χ2v) is 8.96. The monoisotopic (exact) mass is 416 g/mol. The molecule has 156 valence electrons. The van der Waals surface area contributed by atoms with E-state index < -0.39 is 6.04 Å². The fraction of sp³-hybridized carbons (Fsp3) is 0.591. The summed E-state index contributed by atoms with van der Waals surface area (Å²) in [6.07, 6.45) is 11.1. The number of nitrogens with zero attached hydrogens (tertiary/aromatic N) is 3. The Morgan fingerprint density at radius 1 is 1.24 bits per heavy atom. The van der Waals surface area contributed by atoms with Gasteiger partial charge in [0.1, 0.15) is 5.65 Å². The molecule has 1 aliphatic heterocycles. The summed E-state index contributed by atoms with van der Waals surface area (Å²) >= 11 is 6.10. The Bertz CT molecular complexity index is 919. The number of ketones is 1. The Morgan fingerprint density at radius 3 is 2.72 bits per heavy atom. The Morgan fingerprint density at radius 2 is 2.00 bits per heavy atom. The Labute approximate surface area is 176 Å². The number of aromatic nitrogens is 2. The van der Waals surface area contributed by atoms with Crippen LogP contribution in [-0.4, -0.2) is 44.8 Å². The van der Waals surface area contributed by atoms with Gasteiger partial charge in [-0.3, -0.25) is 9.59 Å². The highest BCUT2D eigenvalue weighted by atomic mass is 35.5. The lowest BCUT2D eigenvalue weighted by Crippen LogP contribution is -2.50. The number of halogens is 1. The van der Waals surface area contributed by atoms with Gasteiger partial charge >= 0.3 is 0 Å². The van der Waals surface area contributed by atoms with Crippen LogP contribution in [0.25, 0.3) is 11.0 Å². The Balaban J connectivity index is 1.55. The van der Waals surface area contributed by atoms with E-state index in [9.17, 15) is 9.59 Å². The van der Waals surface area contributed by atoms with Crippen molar-refractivity contribution in [1.29, 1.82) is 0 Å². The summed E-state index contributed by atoms with van der Waals surface area (Å²) in [6, 6.07) is 1.46. The van der Waals surface area contributed by atoms with Gasteiger partial charge in [0.25, 0.3) is 0 Å². The van der Waals surface area contributed by atoms with Crippen LogP contribution in [0.1, 0.15) is 62.2 Å². The zero-order chi connectivity index (χ0) is 20.5. The predicted molar refractivity (Wildman–Crippen MR) is 114 cm³/mol. The summed E-state index contributed by atoms with van der Waals surface area (Å²) in [5.74, 6) is 0.369. The average Bonchev–Trinajstić information content (AvgIpc) is 3.32. The number of carbonyl (C=O) groups is 2. The van der Waals surface area contributed by atoms with Gasteiger partial charge in [-0.05, 0) is 44.6 Å². The highest BCUT2D eigenvalue weighted by molar-refractivity contribution is 6.31.